The van der Waals surface area contributed by atoms with Crippen molar-refractivity contribution in [2.24, 2.45) is 0 Å². The SMILES string of the molecule is O=C(CCNCCCO)Nc1cccc(O)c1. The Morgan fingerprint density at radius 3 is 2.82 bits per heavy atom. The van der Waals surface area contributed by atoms with E-state index in [0.29, 0.717) is 31.6 Å². The Labute approximate surface area is 100 Å². The molecular formula is C12H18N2O3. The number of anilines is 1. The zero-order valence-electron chi connectivity index (χ0n) is 9.65. The van der Waals surface area contributed by atoms with Gasteiger partial charge in [-0.3, -0.25) is 4.79 Å². The number of rotatable bonds is 7. The predicted molar refractivity (Wildman–Crippen MR) is 65.9 cm³/mol. The molecule has 0 aliphatic carbocycles. The van der Waals surface area contributed by atoms with Crippen molar-refractivity contribution in [3.63, 3.8) is 0 Å². The second kappa shape index (κ2) is 7.65. The number of aliphatic hydroxyl groups is 1. The van der Waals surface area contributed by atoms with Crippen molar-refractivity contribution in [3.8, 4) is 5.75 Å². The fourth-order valence-electron chi connectivity index (χ4n) is 1.34. The molecule has 0 aliphatic rings. The van der Waals surface area contributed by atoms with Crippen molar-refractivity contribution in [2.45, 2.75) is 12.8 Å². The summed E-state index contributed by atoms with van der Waals surface area (Å²) in [5.74, 6) is 0.0240. The summed E-state index contributed by atoms with van der Waals surface area (Å²) >= 11 is 0. The molecule has 0 radical (unpaired) electrons. The topological polar surface area (TPSA) is 81.6 Å². The highest BCUT2D eigenvalue weighted by atomic mass is 16.3. The summed E-state index contributed by atoms with van der Waals surface area (Å²) in [5, 5.41) is 23.5. The monoisotopic (exact) mass is 238 g/mol. The van der Waals surface area contributed by atoms with E-state index in [1.54, 1.807) is 18.2 Å². The Kier molecular flexibility index (Phi) is 6.06. The molecule has 4 N–H and O–H groups in total. The van der Waals surface area contributed by atoms with E-state index in [1.807, 2.05) is 0 Å². The molecule has 0 saturated heterocycles. The van der Waals surface area contributed by atoms with Crippen LogP contribution >= 0.6 is 0 Å². The van der Waals surface area contributed by atoms with Crippen molar-refractivity contribution >= 4 is 11.6 Å². The molecular weight excluding hydrogens is 220 g/mol. The number of aromatic hydroxyl groups is 1. The second-order valence-electron chi connectivity index (χ2n) is 3.68. The Balaban J connectivity index is 2.21. The molecule has 5 heteroatoms. The highest BCUT2D eigenvalue weighted by Crippen LogP contribution is 2.15. The number of hydrogen-bond donors (Lipinski definition) is 4. The Bertz CT molecular complexity index is 355. The molecule has 0 bridgehead atoms. The largest absolute Gasteiger partial charge is 0.508 e. The van der Waals surface area contributed by atoms with Gasteiger partial charge >= 0.3 is 0 Å². The zero-order valence-corrected chi connectivity index (χ0v) is 9.65. The van der Waals surface area contributed by atoms with Gasteiger partial charge in [-0.2, -0.15) is 0 Å². The molecule has 1 aromatic carbocycles. The van der Waals surface area contributed by atoms with E-state index in [4.69, 9.17) is 5.11 Å². The lowest BCUT2D eigenvalue weighted by Gasteiger charge is -2.06. The number of hydrogen-bond acceptors (Lipinski definition) is 4. The minimum absolute atomic E-state index is 0.105. The van der Waals surface area contributed by atoms with E-state index in [0.717, 1.165) is 0 Å². The lowest BCUT2D eigenvalue weighted by molar-refractivity contribution is -0.116. The lowest BCUT2D eigenvalue weighted by atomic mass is 10.3. The number of aliphatic hydroxyl groups excluding tert-OH is 1. The van der Waals surface area contributed by atoms with Crippen LogP contribution in [-0.2, 0) is 4.79 Å². The Morgan fingerprint density at radius 1 is 1.29 bits per heavy atom. The van der Waals surface area contributed by atoms with Crippen molar-refractivity contribution < 1.29 is 15.0 Å². The summed E-state index contributed by atoms with van der Waals surface area (Å²) in [4.78, 5) is 11.5. The van der Waals surface area contributed by atoms with Crippen LogP contribution in [-0.4, -0.2) is 35.8 Å². The highest BCUT2D eigenvalue weighted by Gasteiger charge is 2.02. The summed E-state index contributed by atoms with van der Waals surface area (Å²) in [7, 11) is 0. The third-order valence-electron chi connectivity index (χ3n) is 2.17. The predicted octanol–water partition coefficient (Wildman–Crippen LogP) is 0.693. The van der Waals surface area contributed by atoms with Crippen LogP contribution in [0.3, 0.4) is 0 Å². The Hall–Kier alpha value is -1.59. The van der Waals surface area contributed by atoms with E-state index in [9.17, 15) is 9.90 Å². The fraction of sp³-hybridized carbons (Fsp3) is 0.417. The van der Waals surface area contributed by atoms with Gasteiger partial charge in [-0.25, -0.2) is 0 Å². The van der Waals surface area contributed by atoms with E-state index in [-0.39, 0.29) is 18.3 Å². The van der Waals surface area contributed by atoms with Crippen molar-refractivity contribution in [3.05, 3.63) is 24.3 Å². The first-order chi connectivity index (χ1) is 8.22. The minimum Gasteiger partial charge on any atom is -0.508 e. The van der Waals surface area contributed by atoms with Crippen LogP contribution < -0.4 is 10.6 Å². The van der Waals surface area contributed by atoms with E-state index in [1.165, 1.54) is 6.07 Å². The van der Waals surface area contributed by atoms with Gasteiger partial charge in [0.05, 0.1) is 0 Å². The first kappa shape index (κ1) is 13.5. The number of nitrogens with one attached hydrogen (secondary N) is 2. The van der Waals surface area contributed by atoms with Crippen LogP contribution in [0.5, 0.6) is 5.75 Å². The maximum atomic E-state index is 11.5. The minimum atomic E-state index is -0.105. The van der Waals surface area contributed by atoms with Gasteiger partial charge < -0.3 is 20.8 Å². The van der Waals surface area contributed by atoms with Crippen LogP contribution in [0, 0.1) is 0 Å². The molecule has 0 saturated carbocycles. The summed E-state index contributed by atoms with van der Waals surface area (Å²) in [5.41, 5.74) is 0.588. The van der Waals surface area contributed by atoms with Crippen LogP contribution in [0.1, 0.15) is 12.8 Å². The van der Waals surface area contributed by atoms with E-state index >= 15 is 0 Å². The van der Waals surface area contributed by atoms with Crippen LogP contribution in [0.2, 0.25) is 0 Å². The van der Waals surface area contributed by atoms with Gasteiger partial charge in [0, 0.05) is 31.3 Å². The van der Waals surface area contributed by atoms with Crippen molar-refractivity contribution in [1.29, 1.82) is 0 Å². The van der Waals surface area contributed by atoms with E-state index < -0.39 is 0 Å². The number of phenols is 1. The number of phenolic OH excluding ortho intramolecular Hbond substituents is 1. The quantitative estimate of drug-likeness (QED) is 0.527. The molecule has 0 atom stereocenters. The summed E-state index contributed by atoms with van der Waals surface area (Å²) in [6.07, 6.45) is 1.05. The standard InChI is InChI=1S/C12H18N2O3/c15-8-2-6-13-7-5-12(17)14-10-3-1-4-11(16)9-10/h1,3-4,9,13,15-16H,2,5-8H2,(H,14,17). The molecule has 0 aromatic heterocycles. The molecule has 0 spiro atoms. The molecule has 1 amide bonds. The average Bonchev–Trinajstić information content (AvgIpc) is 2.29. The molecule has 17 heavy (non-hydrogen) atoms. The summed E-state index contributed by atoms with van der Waals surface area (Å²) in [6.45, 7) is 1.43. The first-order valence-electron chi connectivity index (χ1n) is 5.63. The van der Waals surface area contributed by atoms with Crippen LogP contribution in [0.25, 0.3) is 0 Å². The van der Waals surface area contributed by atoms with Gasteiger partial charge in [0.2, 0.25) is 5.91 Å². The fourth-order valence-corrected chi connectivity index (χ4v) is 1.34. The maximum Gasteiger partial charge on any atom is 0.225 e. The van der Waals surface area contributed by atoms with Gasteiger partial charge in [0.25, 0.3) is 0 Å². The normalized spacial score (nSPS) is 10.2. The number of amides is 1. The van der Waals surface area contributed by atoms with Gasteiger partial charge in [0.1, 0.15) is 5.75 Å². The molecule has 0 aliphatic heterocycles. The maximum absolute atomic E-state index is 11.5. The second-order valence-corrected chi connectivity index (χ2v) is 3.68. The third-order valence-corrected chi connectivity index (χ3v) is 2.17. The molecule has 5 nitrogen and oxygen atoms in total. The molecule has 0 fully saturated rings. The van der Waals surface area contributed by atoms with Crippen LogP contribution in [0.4, 0.5) is 5.69 Å². The third kappa shape index (κ3) is 5.89. The Morgan fingerprint density at radius 2 is 2.12 bits per heavy atom. The van der Waals surface area contributed by atoms with E-state index in [2.05, 4.69) is 10.6 Å². The van der Waals surface area contributed by atoms with Gasteiger partial charge in [0.15, 0.2) is 0 Å². The van der Waals surface area contributed by atoms with Gasteiger partial charge in [-0.15, -0.1) is 0 Å². The van der Waals surface area contributed by atoms with Gasteiger partial charge in [-0.1, -0.05) is 6.07 Å². The summed E-state index contributed by atoms with van der Waals surface area (Å²) < 4.78 is 0. The lowest BCUT2D eigenvalue weighted by Crippen LogP contribution is -2.23. The highest BCUT2D eigenvalue weighted by molar-refractivity contribution is 5.90. The van der Waals surface area contributed by atoms with Crippen LogP contribution in [0.15, 0.2) is 24.3 Å². The molecule has 1 rings (SSSR count). The molecule has 0 unspecified atom stereocenters. The van der Waals surface area contributed by atoms with Crippen molar-refractivity contribution in [1.82, 2.24) is 5.32 Å². The average molecular weight is 238 g/mol. The molecule has 94 valence electrons. The van der Waals surface area contributed by atoms with Crippen molar-refractivity contribution in [2.75, 3.05) is 25.0 Å². The number of carbonyl (C=O) groups excluding carboxylic acids is 1. The number of carbonyl (C=O) groups is 1. The molecule has 0 heterocycles. The molecule has 1 aromatic rings. The van der Waals surface area contributed by atoms with Gasteiger partial charge in [-0.05, 0) is 25.1 Å². The summed E-state index contributed by atoms with van der Waals surface area (Å²) in [6, 6.07) is 6.43. The smallest absolute Gasteiger partial charge is 0.225 e. The zero-order chi connectivity index (χ0) is 12.5. The number of benzene rings is 1. The first-order valence-corrected chi connectivity index (χ1v) is 5.63.